The second-order valence-corrected chi connectivity index (χ2v) is 5.09. The van der Waals surface area contributed by atoms with Gasteiger partial charge in [0.15, 0.2) is 12.6 Å². The van der Waals surface area contributed by atoms with E-state index in [4.69, 9.17) is 14.2 Å². The second kappa shape index (κ2) is 5.19. The molecule has 2 heterocycles. The zero-order valence-corrected chi connectivity index (χ0v) is 10.7. The van der Waals surface area contributed by atoms with Gasteiger partial charge in [-0.15, -0.1) is 0 Å². The Labute approximate surface area is 111 Å². The number of fused-ring (bicyclic) bond motifs is 1. The topological polar surface area (TPSA) is 68.2 Å². The van der Waals surface area contributed by atoms with E-state index < -0.39 is 18.7 Å². The fraction of sp³-hybridized carbons (Fsp3) is 0.571. The van der Waals surface area contributed by atoms with Gasteiger partial charge in [0.05, 0.1) is 12.7 Å². The molecule has 2 fully saturated rings. The van der Waals surface area contributed by atoms with Gasteiger partial charge in [-0.2, -0.15) is 0 Å². The number of hydrogen-bond acceptors (Lipinski definition) is 5. The zero-order chi connectivity index (χ0) is 13.4. The highest BCUT2D eigenvalue weighted by Gasteiger charge is 2.46. The van der Waals surface area contributed by atoms with Crippen molar-refractivity contribution >= 4 is 0 Å². The second-order valence-electron chi connectivity index (χ2n) is 5.09. The van der Waals surface area contributed by atoms with Crippen molar-refractivity contribution in [3.63, 3.8) is 0 Å². The average molecular weight is 266 g/mol. The minimum atomic E-state index is -1.17. The normalized spacial score (nSPS) is 42.7. The molecule has 2 aliphatic rings. The monoisotopic (exact) mass is 266 g/mol. The SMILES string of the molecule is C[C@@H]1[C@@H](O)[C@@H](O)O[C@@H]2COC(c3ccccc3)O[C@@H]12. The molecule has 5 heteroatoms. The first-order valence-corrected chi connectivity index (χ1v) is 6.50. The predicted molar refractivity (Wildman–Crippen MR) is 66.1 cm³/mol. The lowest BCUT2D eigenvalue weighted by molar-refractivity contribution is -0.344. The maximum Gasteiger partial charge on any atom is 0.184 e. The summed E-state index contributed by atoms with van der Waals surface area (Å²) >= 11 is 0. The Morgan fingerprint density at radius 1 is 1.11 bits per heavy atom. The molecule has 5 nitrogen and oxygen atoms in total. The Morgan fingerprint density at radius 2 is 1.84 bits per heavy atom. The minimum Gasteiger partial charge on any atom is -0.387 e. The average Bonchev–Trinajstić information content (AvgIpc) is 2.46. The molecular weight excluding hydrogens is 248 g/mol. The number of ether oxygens (including phenoxy) is 3. The van der Waals surface area contributed by atoms with Crippen LogP contribution in [0.2, 0.25) is 0 Å². The van der Waals surface area contributed by atoms with Crippen molar-refractivity contribution in [3.05, 3.63) is 35.9 Å². The molecule has 0 spiro atoms. The summed E-state index contributed by atoms with van der Waals surface area (Å²) in [5.74, 6) is -0.205. The lowest BCUT2D eigenvalue weighted by Crippen LogP contribution is -2.57. The van der Waals surface area contributed by atoms with Crippen molar-refractivity contribution in [2.24, 2.45) is 5.92 Å². The van der Waals surface area contributed by atoms with Crippen LogP contribution in [0.15, 0.2) is 30.3 Å². The Hall–Kier alpha value is -0.980. The number of aliphatic hydroxyl groups is 2. The number of benzene rings is 1. The van der Waals surface area contributed by atoms with Gasteiger partial charge < -0.3 is 24.4 Å². The molecule has 2 saturated heterocycles. The summed E-state index contributed by atoms with van der Waals surface area (Å²) in [7, 11) is 0. The van der Waals surface area contributed by atoms with Crippen LogP contribution in [0.5, 0.6) is 0 Å². The van der Waals surface area contributed by atoms with Gasteiger partial charge in [-0.05, 0) is 0 Å². The largest absolute Gasteiger partial charge is 0.387 e. The molecule has 1 aromatic carbocycles. The van der Waals surface area contributed by atoms with Gasteiger partial charge in [0, 0.05) is 11.5 Å². The van der Waals surface area contributed by atoms with E-state index in [1.54, 1.807) is 0 Å². The van der Waals surface area contributed by atoms with E-state index in [-0.39, 0.29) is 18.1 Å². The van der Waals surface area contributed by atoms with Crippen molar-refractivity contribution in [1.82, 2.24) is 0 Å². The van der Waals surface area contributed by atoms with Crippen LogP contribution >= 0.6 is 0 Å². The molecule has 19 heavy (non-hydrogen) atoms. The maximum atomic E-state index is 9.85. The molecule has 1 aromatic rings. The molecule has 0 aromatic heterocycles. The van der Waals surface area contributed by atoms with Crippen LogP contribution < -0.4 is 0 Å². The van der Waals surface area contributed by atoms with Gasteiger partial charge in [0.25, 0.3) is 0 Å². The third-order valence-electron chi connectivity index (χ3n) is 3.79. The predicted octanol–water partition coefficient (Wildman–Crippen LogP) is 0.815. The van der Waals surface area contributed by atoms with E-state index >= 15 is 0 Å². The lowest BCUT2D eigenvalue weighted by Gasteiger charge is -2.46. The van der Waals surface area contributed by atoms with Crippen LogP contribution in [0.1, 0.15) is 18.8 Å². The number of hydrogen-bond donors (Lipinski definition) is 2. The van der Waals surface area contributed by atoms with E-state index in [1.807, 2.05) is 37.3 Å². The third kappa shape index (κ3) is 2.40. The lowest BCUT2D eigenvalue weighted by atomic mass is 9.90. The van der Waals surface area contributed by atoms with Crippen LogP contribution in [0.4, 0.5) is 0 Å². The fourth-order valence-electron chi connectivity index (χ4n) is 2.62. The molecule has 0 bridgehead atoms. The number of aliphatic hydroxyl groups excluding tert-OH is 2. The van der Waals surface area contributed by atoms with Crippen LogP contribution in [0.3, 0.4) is 0 Å². The Bertz CT molecular complexity index is 421. The van der Waals surface area contributed by atoms with Gasteiger partial charge in [0.1, 0.15) is 12.2 Å². The van der Waals surface area contributed by atoms with E-state index in [9.17, 15) is 10.2 Å². The van der Waals surface area contributed by atoms with Crippen molar-refractivity contribution < 1.29 is 24.4 Å². The summed E-state index contributed by atoms with van der Waals surface area (Å²) in [5, 5.41) is 19.4. The maximum absolute atomic E-state index is 9.85. The molecule has 104 valence electrons. The van der Waals surface area contributed by atoms with Gasteiger partial charge in [-0.3, -0.25) is 0 Å². The Morgan fingerprint density at radius 3 is 2.58 bits per heavy atom. The third-order valence-corrected chi connectivity index (χ3v) is 3.79. The molecule has 2 N–H and O–H groups in total. The Kier molecular flexibility index (Phi) is 3.56. The first kappa shape index (κ1) is 13.0. The van der Waals surface area contributed by atoms with Gasteiger partial charge >= 0.3 is 0 Å². The highest BCUT2D eigenvalue weighted by Crippen LogP contribution is 2.36. The van der Waals surface area contributed by atoms with Crippen LogP contribution in [-0.4, -0.2) is 41.4 Å². The first-order chi connectivity index (χ1) is 9.16. The molecule has 6 atom stereocenters. The van der Waals surface area contributed by atoms with Gasteiger partial charge in [0.2, 0.25) is 0 Å². The summed E-state index contributed by atoms with van der Waals surface area (Å²) in [4.78, 5) is 0. The summed E-state index contributed by atoms with van der Waals surface area (Å²) in [6.07, 6.45) is -3.17. The van der Waals surface area contributed by atoms with Crippen molar-refractivity contribution in [3.8, 4) is 0 Å². The highest BCUT2D eigenvalue weighted by atomic mass is 16.7. The van der Waals surface area contributed by atoms with Crippen LogP contribution in [0, 0.1) is 5.92 Å². The molecule has 0 saturated carbocycles. The Balaban J connectivity index is 1.75. The molecule has 0 aliphatic carbocycles. The minimum absolute atomic E-state index is 0.205. The zero-order valence-electron chi connectivity index (χ0n) is 10.7. The van der Waals surface area contributed by atoms with Crippen LogP contribution in [0.25, 0.3) is 0 Å². The quantitative estimate of drug-likeness (QED) is 0.787. The summed E-state index contributed by atoms with van der Waals surface area (Å²) in [6, 6.07) is 9.65. The van der Waals surface area contributed by atoms with Gasteiger partial charge in [-0.25, -0.2) is 0 Å². The van der Waals surface area contributed by atoms with Gasteiger partial charge in [-0.1, -0.05) is 37.3 Å². The molecule has 0 amide bonds. The van der Waals surface area contributed by atoms with Crippen LogP contribution in [-0.2, 0) is 14.2 Å². The first-order valence-electron chi connectivity index (χ1n) is 6.50. The molecule has 3 rings (SSSR count). The van der Waals surface area contributed by atoms with Crippen molar-refractivity contribution in [2.75, 3.05) is 6.61 Å². The molecule has 2 aliphatic heterocycles. The summed E-state index contributed by atoms with van der Waals surface area (Å²) < 4.78 is 16.8. The van der Waals surface area contributed by atoms with E-state index in [2.05, 4.69) is 0 Å². The van der Waals surface area contributed by atoms with E-state index in [1.165, 1.54) is 0 Å². The molecule has 1 unspecified atom stereocenters. The van der Waals surface area contributed by atoms with Crippen molar-refractivity contribution in [2.45, 2.75) is 37.8 Å². The smallest absolute Gasteiger partial charge is 0.184 e. The summed E-state index contributed by atoms with van der Waals surface area (Å²) in [6.45, 7) is 2.19. The summed E-state index contributed by atoms with van der Waals surface area (Å²) in [5.41, 5.74) is 0.939. The fourth-order valence-corrected chi connectivity index (χ4v) is 2.62. The number of rotatable bonds is 1. The molecule has 0 radical (unpaired) electrons. The standard InChI is InChI=1S/C14H18O5/c1-8-11(15)13(16)18-10-7-17-14(19-12(8)10)9-5-3-2-4-6-9/h2-6,8,10-16H,7H2,1H3/t8-,10-,11-,12+,13+,14?/m1/s1. The van der Waals surface area contributed by atoms with E-state index in [0.29, 0.717) is 6.61 Å². The highest BCUT2D eigenvalue weighted by molar-refractivity contribution is 5.16. The van der Waals surface area contributed by atoms with Crippen molar-refractivity contribution in [1.29, 1.82) is 0 Å². The molecular formula is C14H18O5. The van der Waals surface area contributed by atoms with E-state index in [0.717, 1.165) is 5.56 Å².